The van der Waals surface area contributed by atoms with Crippen LogP contribution in [0.5, 0.6) is 0 Å². The molecule has 0 bridgehead atoms. The number of aliphatic hydroxyl groups is 1. The molecule has 2 aliphatic heterocycles. The van der Waals surface area contributed by atoms with Gasteiger partial charge in [0.05, 0.1) is 0 Å². The van der Waals surface area contributed by atoms with Gasteiger partial charge in [-0.15, -0.1) is 0 Å². The van der Waals surface area contributed by atoms with Gasteiger partial charge in [0.1, 0.15) is 0 Å². The van der Waals surface area contributed by atoms with Gasteiger partial charge < -0.3 is 14.7 Å². The zero-order chi connectivity index (χ0) is 14.4. The molecule has 0 aromatic carbocycles. The van der Waals surface area contributed by atoms with Crippen molar-refractivity contribution < 1.29 is 14.6 Å². The van der Waals surface area contributed by atoms with Crippen molar-refractivity contribution in [3.63, 3.8) is 0 Å². The molecule has 0 aromatic rings. The number of hydrogen-bond acceptors (Lipinski definition) is 3. The molecule has 2 fully saturated rings. The molecule has 0 aromatic heterocycles. The molecule has 0 aliphatic carbocycles. The van der Waals surface area contributed by atoms with Gasteiger partial charge in [-0.1, -0.05) is 6.92 Å². The Hall–Kier alpha value is -0.610. The average molecular weight is 283 g/mol. The SMILES string of the molecule is CCC1(CO)CCN(C(=O)CCC2CCOCC2)CC1. The fraction of sp³-hybridized carbons (Fsp3) is 0.938. The zero-order valence-corrected chi connectivity index (χ0v) is 12.8. The second kappa shape index (κ2) is 7.41. The molecular formula is C16H29NO3. The number of piperidine rings is 1. The Bertz CT molecular complexity index is 299. The molecule has 2 rings (SSSR count). The van der Waals surface area contributed by atoms with Crippen LogP contribution < -0.4 is 0 Å². The molecule has 1 N–H and O–H groups in total. The summed E-state index contributed by atoms with van der Waals surface area (Å²) < 4.78 is 5.35. The standard InChI is InChI=1S/C16H29NO3/c1-2-16(13-18)7-9-17(10-8-16)15(19)4-3-14-5-11-20-12-6-14/h14,18H,2-13H2,1H3. The summed E-state index contributed by atoms with van der Waals surface area (Å²) in [6, 6.07) is 0. The highest BCUT2D eigenvalue weighted by Gasteiger charge is 2.33. The van der Waals surface area contributed by atoms with E-state index in [2.05, 4.69) is 6.92 Å². The Kier molecular flexibility index (Phi) is 5.85. The molecule has 116 valence electrons. The number of likely N-dealkylation sites (tertiary alicyclic amines) is 1. The number of ether oxygens (including phenoxy) is 1. The lowest BCUT2D eigenvalue weighted by molar-refractivity contribution is -0.134. The summed E-state index contributed by atoms with van der Waals surface area (Å²) in [6.45, 7) is 5.75. The third-order valence-corrected chi connectivity index (χ3v) is 5.37. The van der Waals surface area contributed by atoms with E-state index in [9.17, 15) is 9.90 Å². The van der Waals surface area contributed by atoms with Gasteiger partial charge in [0, 0.05) is 39.3 Å². The number of rotatable bonds is 5. The molecule has 20 heavy (non-hydrogen) atoms. The third kappa shape index (κ3) is 3.95. The molecular weight excluding hydrogens is 254 g/mol. The van der Waals surface area contributed by atoms with Crippen molar-refractivity contribution in [1.82, 2.24) is 4.90 Å². The lowest BCUT2D eigenvalue weighted by atomic mass is 9.77. The molecule has 2 aliphatic rings. The zero-order valence-electron chi connectivity index (χ0n) is 12.8. The Morgan fingerprint density at radius 3 is 2.50 bits per heavy atom. The van der Waals surface area contributed by atoms with Crippen LogP contribution in [0.4, 0.5) is 0 Å². The van der Waals surface area contributed by atoms with E-state index in [1.54, 1.807) is 0 Å². The van der Waals surface area contributed by atoms with Gasteiger partial charge in [-0.05, 0) is 49.9 Å². The monoisotopic (exact) mass is 283 g/mol. The van der Waals surface area contributed by atoms with Gasteiger partial charge >= 0.3 is 0 Å². The van der Waals surface area contributed by atoms with E-state index in [-0.39, 0.29) is 12.0 Å². The molecule has 4 nitrogen and oxygen atoms in total. The van der Waals surface area contributed by atoms with Crippen LogP contribution in [-0.4, -0.2) is 48.8 Å². The number of carbonyl (C=O) groups excluding carboxylic acids is 1. The van der Waals surface area contributed by atoms with E-state index < -0.39 is 0 Å². The summed E-state index contributed by atoms with van der Waals surface area (Å²) in [7, 11) is 0. The number of aliphatic hydroxyl groups excluding tert-OH is 1. The second-order valence-electron chi connectivity index (χ2n) is 6.49. The molecule has 1 amide bonds. The highest BCUT2D eigenvalue weighted by Crippen LogP contribution is 2.34. The average Bonchev–Trinajstić information content (AvgIpc) is 2.53. The van der Waals surface area contributed by atoms with Crippen molar-refractivity contribution in [2.45, 2.75) is 51.9 Å². The summed E-state index contributed by atoms with van der Waals surface area (Å²) in [4.78, 5) is 14.3. The van der Waals surface area contributed by atoms with Gasteiger partial charge in [0.2, 0.25) is 5.91 Å². The van der Waals surface area contributed by atoms with E-state index in [0.29, 0.717) is 18.2 Å². The Morgan fingerprint density at radius 1 is 1.30 bits per heavy atom. The van der Waals surface area contributed by atoms with Crippen molar-refractivity contribution in [2.24, 2.45) is 11.3 Å². The van der Waals surface area contributed by atoms with Crippen molar-refractivity contribution in [1.29, 1.82) is 0 Å². The molecule has 2 saturated heterocycles. The van der Waals surface area contributed by atoms with E-state index in [1.807, 2.05) is 4.90 Å². The van der Waals surface area contributed by atoms with Crippen LogP contribution in [-0.2, 0) is 9.53 Å². The van der Waals surface area contributed by atoms with E-state index in [4.69, 9.17) is 4.74 Å². The van der Waals surface area contributed by atoms with Crippen molar-refractivity contribution in [3.05, 3.63) is 0 Å². The van der Waals surface area contributed by atoms with Gasteiger partial charge in [-0.2, -0.15) is 0 Å². The highest BCUT2D eigenvalue weighted by molar-refractivity contribution is 5.76. The van der Waals surface area contributed by atoms with Crippen molar-refractivity contribution in [2.75, 3.05) is 32.9 Å². The maximum absolute atomic E-state index is 12.3. The number of hydrogen-bond donors (Lipinski definition) is 1. The minimum absolute atomic E-state index is 0.0670. The minimum atomic E-state index is 0.0670. The van der Waals surface area contributed by atoms with Gasteiger partial charge in [0.15, 0.2) is 0 Å². The molecule has 0 radical (unpaired) electrons. The first kappa shape index (κ1) is 15.8. The first-order valence-electron chi connectivity index (χ1n) is 8.15. The van der Waals surface area contributed by atoms with Crippen LogP contribution in [0, 0.1) is 11.3 Å². The summed E-state index contributed by atoms with van der Waals surface area (Å²) >= 11 is 0. The second-order valence-corrected chi connectivity index (χ2v) is 6.49. The topological polar surface area (TPSA) is 49.8 Å². The quantitative estimate of drug-likeness (QED) is 0.841. The molecule has 0 spiro atoms. The third-order valence-electron chi connectivity index (χ3n) is 5.37. The van der Waals surface area contributed by atoms with E-state index in [0.717, 1.165) is 64.8 Å². The van der Waals surface area contributed by atoms with Gasteiger partial charge in [-0.25, -0.2) is 0 Å². The van der Waals surface area contributed by atoms with Crippen LogP contribution in [0.25, 0.3) is 0 Å². The maximum atomic E-state index is 12.3. The molecule has 4 heteroatoms. The van der Waals surface area contributed by atoms with Crippen LogP contribution >= 0.6 is 0 Å². The predicted molar refractivity (Wildman–Crippen MR) is 78.4 cm³/mol. The first-order chi connectivity index (χ1) is 9.69. The van der Waals surface area contributed by atoms with Crippen molar-refractivity contribution in [3.8, 4) is 0 Å². The molecule has 0 saturated carbocycles. The van der Waals surface area contributed by atoms with E-state index >= 15 is 0 Å². The van der Waals surface area contributed by atoms with Crippen LogP contribution in [0.15, 0.2) is 0 Å². The normalized spacial score (nSPS) is 23.8. The Labute approximate surface area is 122 Å². The van der Waals surface area contributed by atoms with Gasteiger partial charge in [0.25, 0.3) is 0 Å². The van der Waals surface area contributed by atoms with Gasteiger partial charge in [-0.3, -0.25) is 4.79 Å². The largest absolute Gasteiger partial charge is 0.396 e. The highest BCUT2D eigenvalue weighted by atomic mass is 16.5. The number of carbonyl (C=O) groups is 1. The summed E-state index contributed by atoms with van der Waals surface area (Å²) in [5, 5.41) is 9.52. The lowest BCUT2D eigenvalue weighted by Crippen LogP contribution is -2.44. The Balaban J connectivity index is 1.71. The van der Waals surface area contributed by atoms with Crippen molar-refractivity contribution >= 4 is 5.91 Å². The maximum Gasteiger partial charge on any atom is 0.222 e. The Morgan fingerprint density at radius 2 is 1.95 bits per heavy atom. The van der Waals surface area contributed by atoms with Crippen LogP contribution in [0.2, 0.25) is 0 Å². The lowest BCUT2D eigenvalue weighted by Gasteiger charge is -2.40. The molecule has 0 unspecified atom stereocenters. The van der Waals surface area contributed by atoms with Crippen LogP contribution in [0.3, 0.4) is 0 Å². The predicted octanol–water partition coefficient (Wildman–Crippen LogP) is 2.20. The summed E-state index contributed by atoms with van der Waals surface area (Å²) in [6.07, 6.45) is 6.81. The minimum Gasteiger partial charge on any atom is -0.396 e. The van der Waals surface area contributed by atoms with E-state index in [1.165, 1.54) is 0 Å². The number of amides is 1. The molecule has 2 heterocycles. The summed E-state index contributed by atoms with van der Waals surface area (Å²) in [5.74, 6) is 0.976. The fourth-order valence-corrected chi connectivity index (χ4v) is 3.37. The van der Waals surface area contributed by atoms with Crippen LogP contribution in [0.1, 0.15) is 51.9 Å². The fourth-order valence-electron chi connectivity index (χ4n) is 3.37. The molecule has 0 atom stereocenters. The first-order valence-corrected chi connectivity index (χ1v) is 8.15. The number of nitrogens with zero attached hydrogens (tertiary/aromatic N) is 1. The summed E-state index contributed by atoms with van der Waals surface area (Å²) in [5.41, 5.74) is 0.0670. The smallest absolute Gasteiger partial charge is 0.222 e.